The van der Waals surface area contributed by atoms with Gasteiger partial charge in [0.05, 0.1) is 4.90 Å². The molecule has 2 aromatic rings. The van der Waals surface area contributed by atoms with E-state index in [9.17, 15) is 8.42 Å². The maximum atomic E-state index is 12.2. The van der Waals surface area contributed by atoms with Crippen molar-refractivity contribution < 1.29 is 13.2 Å². The number of benzene rings is 2. The molecule has 0 saturated heterocycles. The van der Waals surface area contributed by atoms with Crippen LogP contribution in [-0.2, 0) is 16.4 Å². The zero-order valence-corrected chi connectivity index (χ0v) is 13.7. The Morgan fingerprint density at radius 3 is 2.45 bits per heavy atom. The van der Waals surface area contributed by atoms with Gasteiger partial charge in [-0.15, -0.1) is 0 Å². The molecular weight excluding hydrogens is 298 g/mol. The third-order valence-corrected chi connectivity index (χ3v) is 5.01. The molecule has 0 unspecified atom stereocenters. The zero-order valence-electron chi connectivity index (χ0n) is 12.9. The highest BCUT2D eigenvalue weighted by Gasteiger charge is 2.15. The molecule has 0 radical (unpaired) electrons. The van der Waals surface area contributed by atoms with E-state index in [-0.39, 0.29) is 6.54 Å². The Kier molecular flexibility index (Phi) is 5.57. The van der Waals surface area contributed by atoms with Crippen LogP contribution in [0.5, 0.6) is 5.75 Å². The van der Waals surface area contributed by atoms with Crippen LogP contribution < -0.4 is 9.46 Å². The van der Waals surface area contributed by atoms with Gasteiger partial charge in [-0.3, -0.25) is 0 Å². The quantitative estimate of drug-likeness (QED) is 0.798. The summed E-state index contributed by atoms with van der Waals surface area (Å²) in [5, 5.41) is 0. The summed E-state index contributed by atoms with van der Waals surface area (Å²) >= 11 is 0. The average molecular weight is 319 g/mol. The fraction of sp³-hybridized carbons (Fsp3) is 0.294. The average Bonchev–Trinajstić information content (AvgIpc) is 2.52. The van der Waals surface area contributed by atoms with Gasteiger partial charge in [-0.2, -0.15) is 0 Å². The molecule has 2 rings (SSSR count). The standard InChI is InChI=1S/C17H21NO3S/c1-3-15-9-5-6-10-16(15)21-13-12-18-22(19,20)17-11-7-4-8-14(17)2/h4-11,18H,3,12-13H2,1-2H3. The van der Waals surface area contributed by atoms with Crippen molar-refractivity contribution in [3.05, 3.63) is 59.7 Å². The molecule has 0 aliphatic rings. The normalized spacial score (nSPS) is 11.4. The summed E-state index contributed by atoms with van der Waals surface area (Å²) in [7, 11) is -3.49. The van der Waals surface area contributed by atoms with Crippen molar-refractivity contribution in [2.24, 2.45) is 0 Å². The topological polar surface area (TPSA) is 55.4 Å². The minimum absolute atomic E-state index is 0.231. The van der Waals surface area contributed by atoms with Crippen LogP contribution in [0.15, 0.2) is 53.4 Å². The largest absolute Gasteiger partial charge is 0.492 e. The van der Waals surface area contributed by atoms with E-state index in [1.807, 2.05) is 30.3 Å². The maximum Gasteiger partial charge on any atom is 0.240 e. The first kappa shape index (κ1) is 16.5. The molecule has 0 atom stereocenters. The van der Waals surface area contributed by atoms with E-state index >= 15 is 0 Å². The Morgan fingerprint density at radius 2 is 1.73 bits per heavy atom. The van der Waals surface area contributed by atoms with Crippen LogP contribution in [0.2, 0.25) is 0 Å². The van der Waals surface area contributed by atoms with Gasteiger partial charge in [0.25, 0.3) is 0 Å². The summed E-state index contributed by atoms with van der Waals surface area (Å²) in [6, 6.07) is 14.7. The van der Waals surface area contributed by atoms with Crippen LogP contribution >= 0.6 is 0 Å². The van der Waals surface area contributed by atoms with Crippen molar-refractivity contribution in [1.29, 1.82) is 0 Å². The molecule has 5 heteroatoms. The molecule has 0 fully saturated rings. The van der Waals surface area contributed by atoms with Gasteiger partial charge >= 0.3 is 0 Å². The Morgan fingerprint density at radius 1 is 1.05 bits per heavy atom. The van der Waals surface area contributed by atoms with Crippen LogP contribution in [0.4, 0.5) is 0 Å². The molecule has 0 aromatic heterocycles. The molecule has 0 aliphatic heterocycles. The van der Waals surface area contributed by atoms with Crippen molar-refractivity contribution in [3.63, 3.8) is 0 Å². The van der Waals surface area contributed by atoms with Crippen LogP contribution in [0, 0.1) is 6.92 Å². The number of hydrogen-bond donors (Lipinski definition) is 1. The van der Waals surface area contributed by atoms with Gasteiger partial charge in [-0.05, 0) is 36.6 Å². The second-order valence-electron chi connectivity index (χ2n) is 4.97. The molecule has 118 valence electrons. The minimum Gasteiger partial charge on any atom is -0.492 e. The number of ether oxygens (including phenoxy) is 1. The van der Waals surface area contributed by atoms with Gasteiger partial charge in [-0.1, -0.05) is 43.3 Å². The van der Waals surface area contributed by atoms with Gasteiger partial charge in [0, 0.05) is 6.54 Å². The van der Waals surface area contributed by atoms with E-state index in [0.717, 1.165) is 23.3 Å². The van der Waals surface area contributed by atoms with Gasteiger partial charge in [0.1, 0.15) is 12.4 Å². The third kappa shape index (κ3) is 4.08. The second kappa shape index (κ2) is 7.42. The fourth-order valence-corrected chi connectivity index (χ4v) is 3.47. The molecule has 0 aliphatic carbocycles. The van der Waals surface area contributed by atoms with E-state index < -0.39 is 10.0 Å². The molecule has 0 bridgehead atoms. The monoisotopic (exact) mass is 319 g/mol. The van der Waals surface area contributed by atoms with Gasteiger partial charge in [-0.25, -0.2) is 13.1 Å². The highest BCUT2D eigenvalue weighted by molar-refractivity contribution is 7.89. The smallest absolute Gasteiger partial charge is 0.240 e. The molecule has 0 amide bonds. The van der Waals surface area contributed by atoms with Crippen LogP contribution in [-0.4, -0.2) is 21.6 Å². The highest BCUT2D eigenvalue weighted by atomic mass is 32.2. The Hall–Kier alpha value is -1.85. The lowest BCUT2D eigenvalue weighted by Gasteiger charge is -2.12. The maximum absolute atomic E-state index is 12.2. The predicted octanol–water partition coefficient (Wildman–Crippen LogP) is 2.91. The molecule has 0 spiro atoms. The van der Waals surface area contributed by atoms with Crippen LogP contribution in [0.3, 0.4) is 0 Å². The minimum atomic E-state index is -3.49. The number of para-hydroxylation sites is 1. The van der Waals surface area contributed by atoms with Crippen molar-refractivity contribution in [1.82, 2.24) is 4.72 Å². The van der Waals surface area contributed by atoms with E-state index in [4.69, 9.17) is 4.74 Å². The first-order chi connectivity index (χ1) is 10.5. The molecular formula is C17H21NO3S. The Bertz CT molecular complexity index is 726. The summed E-state index contributed by atoms with van der Waals surface area (Å²) in [6.45, 7) is 4.36. The Labute approximate surface area is 132 Å². The summed E-state index contributed by atoms with van der Waals surface area (Å²) < 4.78 is 32.7. The number of hydrogen-bond acceptors (Lipinski definition) is 3. The third-order valence-electron chi connectivity index (χ3n) is 3.39. The lowest BCUT2D eigenvalue weighted by atomic mass is 10.1. The summed E-state index contributed by atoms with van der Waals surface area (Å²) in [5.74, 6) is 0.806. The van der Waals surface area contributed by atoms with Crippen LogP contribution in [0.1, 0.15) is 18.1 Å². The SMILES string of the molecule is CCc1ccccc1OCCNS(=O)(=O)c1ccccc1C. The molecule has 0 heterocycles. The van der Waals surface area contributed by atoms with E-state index in [2.05, 4.69) is 11.6 Å². The van der Waals surface area contributed by atoms with E-state index in [0.29, 0.717) is 11.5 Å². The number of aryl methyl sites for hydroxylation is 2. The summed E-state index contributed by atoms with van der Waals surface area (Å²) in [6.07, 6.45) is 0.880. The molecule has 2 aromatic carbocycles. The van der Waals surface area contributed by atoms with Crippen molar-refractivity contribution >= 4 is 10.0 Å². The van der Waals surface area contributed by atoms with Crippen LogP contribution in [0.25, 0.3) is 0 Å². The number of sulfonamides is 1. The zero-order chi connectivity index (χ0) is 16.0. The Balaban J connectivity index is 1.92. The number of rotatable bonds is 7. The van der Waals surface area contributed by atoms with E-state index in [1.54, 1.807) is 25.1 Å². The molecule has 22 heavy (non-hydrogen) atoms. The second-order valence-corrected chi connectivity index (χ2v) is 6.71. The van der Waals surface area contributed by atoms with Crippen molar-refractivity contribution in [3.8, 4) is 5.75 Å². The van der Waals surface area contributed by atoms with Gasteiger partial charge in [0.15, 0.2) is 0 Å². The molecule has 1 N–H and O–H groups in total. The molecule has 4 nitrogen and oxygen atoms in total. The fourth-order valence-electron chi connectivity index (χ4n) is 2.21. The summed E-state index contributed by atoms with van der Waals surface area (Å²) in [5.41, 5.74) is 1.84. The number of nitrogens with one attached hydrogen (secondary N) is 1. The van der Waals surface area contributed by atoms with Gasteiger partial charge in [0.2, 0.25) is 10.0 Å². The van der Waals surface area contributed by atoms with Crippen molar-refractivity contribution in [2.45, 2.75) is 25.2 Å². The highest BCUT2D eigenvalue weighted by Crippen LogP contribution is 2.18. The predicted molar refractivity (Wildman–Crippen MR) is 87.7 cm³/mol. The first-order valence-corrected chi connectivity index (χ1v) is 8.79. The lowest BCUT2D eigenvalue weighted by molar-refractivity contribution is 0.320. The lowest BCUT2D eigenvalue weighted by Crippen LogP contribution is -2.28. The first-order valence-electron chi connectivity index (χ1n) is 7.30. The van der Waals surface area contributed by atoms with Crippen molar-refractivity contribution in [2.75, 3.05) is 13.2 Å². The molecule has 0 saturated carbocycles. The van der Waals surface area contributed by atoms with Gasteiger partial charge < -0.3 is 4.74 Å². The van der Waals surface area contributed by atoms with E-state index in [1.165, 1.54) is 0 Å². The summed E-state index contributed by atoms with van der Waals surface area (Å²) in [4.78, 5) is 0.309.